The van der Waals surface area contributed by atoms with Crippen molar-refractivity contribution in [3.05, 3.63) is 54.1 Å². The highest BCUT2D eigenvalue weighted by molar-refractivity contribution is 7.89. The number of nitrogens with zero attached hydrogens (tertiary/aromatic N) is 4. The van der Waals surface area contributed by atoms with Crippen LogP contribution in [0.3, 0.4) is 0 Å². The van der Waals surface area contributed by atoms with Gasteiger partial charge in [-0.25, -0.2) is 8.42 Å². The van der Waals surface area contributed by atoms with Gasteiger partial charge in [0.15, 0.2) is 0 Å². The lowest BCUT2D eigenvalue weighted by atomic mass is 9.89. The second-order valence-corrected chi connectivity index (χ2v) is 7.38. The van der Waals surface area contributed by atoms with Crippen LogP contribution in [0.4, 0.5) is 0 Å². The minimum absolute atomic E-state index is 0.00892. The second kappa shape index (κ2) is 6.69. The quantitative estimate of drug-likeness (QED) is 0.485. The van der Waals surface area contributed by atoms with Crippen molar-refractivity contribution in [2.75, 3.05) is 6.54 Å². The highest BCUT2D eigenvalue weighted by Crippen LogP contribution is 2.32. The van der Waals surface area contributed by atoms with E-state index >= 15 is 0 Å². The van der Waals surface area contributed by atoms with Crippen LogP contribution in [0.1, 0.15) is 18.4 Å². The van der Waals surface area contributed by atoms with Crippen LogP contribution in [-0.2, 0) is 10.0 Å². The van der Waals surface area contributed by atoms with E-state index in [1.54, 1.807) is 24.3 Å². The summed E-state index contributed by atoms with van der Waals surface area (Å²) in [6, 6.07) is 5.12. The highest BCUT2D eigenvalue weighted by Gasteiger charge is 2.39. The van der Waals surface area contributed by atoms with Gasteiger partial charge in [-0.15, -0.1) is 0 Å². The zero-order chi connectivity index (χ0) is 16.3. The Labute approximate surface area is 131 Å². The molecule has 1 saturated heterocycles. The summed E-state index contributed by atoms with van der Waals surface area (Å²) in [7, 11) is -3.74. The van der Waals surface area contributed by atoms with E-state index in [0.717, 1.165) is 9.87 Å². The summed E-state index contributed by atoms with van der Waals surface area (Å²) in [4.78, 5) is 2.89. The standard InChI is InChI=1S/C15H18N4O2S/c1-11-4-6-15(7-5-11)22(20,21)19-12(2)8-14(9-13(19)3)10-17-18-16/h2-7,12-14H,8-10H2,1H3/t12-,13+,14?. The maximum absolute atomic E-state index is 12.7. The van der Waals surface area contributed by atoms with E-state index in [-0.39, 0.29) is 17.4 Å². The van der Waals surface area contributed by atoms with Crippen LogP contribution in [0.15, 0.2) is 34.3 Å². The van der Waals surface area contributed by atoms with E-state index in [1.807, 2.05) is 6.92 Å². The SMILES string of the molecule is [CH][C@@H]1CC(CN=[N+]=[N-])C[C@H]([CH])N1S(=O)(=O)c1ccc(C)cc1. The maximum Gasteiger partial charge on any atom is 0.243 e. The molecule has 0 aromatic heterocycles. The Bertz CT molecular complexity index is 653. The largest absolute Gasteiger partial charge is 0.243 e. The molecule has 1 aromatic carbocycles. The maximum atomic E-state index is 12.7. The topological polar surface area (TPSA) is 86.1 Å². The summed E-state index contributed by atoms with van der Waals surface area (Å²) < 4.78 is 26.6. The number of azide groups is 1. The van der Waals surface area contributed by atoms with Gasteiger partial charge in [0.1, 0.15) is 0 Å². The number of rotatable bonds is 4. The third-order valence-corrected chi connectivity index (χ3v) is 5.77. The molecule has 1 fully saturated rings. The summed E-state index contributed by atoms with van der Waals surface area (Å²) >= 11 is 0. The van der Waals surface area contributed by atoms with E-state index in [2.05, 4.69) is 10.0 Å². The van der Waals surface area contributed by atoms with Crippen LogP contribution in [0.2, 0.25) is 0 Å². The zero-order valence-electron chi connectivity index (χ0n) is 12.3. The first-order valence-electron chi connectivity index (χ1n) is 6.98. The van der Waals surface area contributed by atoms with Gasteiger partial charge in [-0.1, -0.05) is 22.8 Å². The predicted octanol–water partition coefficient (Wildman–Crippen LogP) is 2.87. The van der Waals surface area contributed by atoms with Crippen LogP contribution in [0, 0.1) is 26.7 Å². The smallest absolute Gasteiger partial charge is 0.207 e. The molecule has 1 aliphatic heterocycles. The summed E-state index contributed by atoms with van der Waals surface area (Å²) in [6.45, 7) is 14.2. The first-order chi connectivity index (χ1) is 10.4. The van der Waals surface area contributed by atoms with Crippen molar-refractivity contribution in [3.63, 3.8) is 0 Å². The minimum Gasteiger partial charge on any atom is -0.207 e. The molecular weight excluding hydrogens is 300 g/mol. The molecule has 0 saturated carbocycles. The molecule has 2 rings (SSSR count). The molecule has 0 N–H and O–H groups in total. The van der Waals surface area contributed by atoms with Crippen molar-refractivity contribution in [1.29, 1.82) is 0 Å². The summed E-state index contributed by atoms with van der Waals surface area (Å²) in [5.74, 6) is -0.00892. The molecule has 3 atom stereocenters. The lowest BCUT2D eigenvalue weighted by Gasteiger charge is -2.40. The lowest BCUT2D eigenvalue weighted by Crippen LogP contribution is -2.50. The van der Waals surface area contributed by atoms with E-state index in [9.17, 15) is 8.42 Å². The Hall–Kier alpha value is -1.56. The molecule has 116 valence electrons. The average molecular weight is 318 g/mol. The molecule has 7 heteroatoms. The first-order valence-corrected chi connectivity index (χ1v) is 8.42. The molecule has 22 heavy (non-hydrogen) atoms. The molecule has 4 radical (unpaired) electrons. The second-order valence-electron chi connectivity index (χ2n) is 5.53. The average Bonchev–Trinajstić information content (AvgIpc) is 2.44. The van der Waals surface area contributed by atoms with Crippen molar-refractivity contribution >= 4 is 10.0 Å². The fourth-order valence-electron chi connectivity index (χ4n) is 2.72. The van der Waals surface area contributed by atoms with E-state index < -0.39 is 22.1 Å². The van der Waals surface area contributed by atoms with Gasteiger partial charge in [0.2, 0.25) is 10.0 Å². The molecule has 0 aliphatic carbocycles. The zero-order valence-corrected chi connectivity index (χ0v) is 13.1. The number of hydrogen-bond acceptors (Lipinski definition) is 3. The molecule has 6 nitrogen and oxygen atoms in total. The van der Waals surface area contributed by atoms with Crippen molar-refractivity contribution in [1.82, 2.24) is 4.31 Å². The Kier molecular flexibility index (Phi) is 5.11. The van der Waals surface area contributed by atoms with E-state index in [4.69, 9.17) is 19.4 Å². The number of benzene rings is 1. The highest BCUT2D eigenvalue weighted by atomic mass is 32.2. The molecule has 1 aliphatic rings. The van der Waals surface area contributed by atoms with Crippen molar-refractivity contribution < 1.29 is 8.42 Å². The molecule has 1 heterocycles. The van der Waals surface area contributed by atoms with Gasteiger partial charge in [0.05, 0.1) is 4.90 Å². The Balaban J connectivity index is 2.24. The van der Waals surface area contributed by atoms with E-state index in [0.29, 0.717) is 12.8 Å². The normalized spacial score (nSPS) is 26.4. The van der Waals surface area contributed by atoms with Crippen LogP contribution < -0.4 is 0 Å². The molecule has 1 unspecified atom stereocenters. The van der Waals surface area contributed by atoms with Gasteiger partial charge in [-0.05, 0) is 57.2 Å². The van der Waals surface area contributed by atoms with Crippen LogP contribution >= 0.6 is 0 Å². The first kappa shape index (κ1) is 16.8. The fourth-order valence-corrected chi connectivity index (χ4v) is 4.33. The molecule has 0 bridgehead atoms. The van der Waals surface area contributed by atoms with Gasteiger partial charge in [-0.2, -0.15) is 4.31 Å². The predicted molar refractivity (Wildman–Crippen MR) is 83.1 cm³/mol. The van der Waals surface area contributed by atoms with Crippen LogP contribution in [0.25, 0.3) is 10.4 Å². The van der Waals surface area contributed by atoms with Crippen LogP contribution in [0.5, 0.6) is 0 Å². The fraction of sp³-hybridized carbons (Fsp3) is 0.467. The number of hydrogen-bond donors (Lipinski definition) is 0. The van der Waals surface area contributed by atoms with Crippen LogP contribution in [-0.4, -0.2) is 31.4 Å². The molecule has 0 spiro atoms. The third-order valence-electron chi connectivity index (χ3n) is 3.80. The van der Waals surface area contributed by atoms with Gasteiger partial charge in [0, 0.05) is 23.5 Å². The van der Waals surface area contributed by atoms with Crippen molar-refractivity contribution in [2.45, 2.75) is 36.7 Å². The Morgan fingerprint density at radius 2 is 1.82 bits per heavy atom. The number of sulfonamides is 1. The molecule has 0 amide bonds. The number of aryl methyl sites for hydroxylation is 1. The van der Waals surface area contributed by atoms with Gasteiger partial charge in [-0.3, -0.25) is 0 Å². The monoisotopic (exact) mass is 318 g/mol. The van der Waals surface area contributed by atoms with Gasteiger partial charge in [0.25, 0.3) is 0 Å². The lowest BCUT2D eigenvalue weighted by molar-refractivity contribution is 0.187. The molecule has 1 aromatic rings. The van der Waals surface area contributed by atoms with Gasteiger partial charge < -0.3 is 0 Å². The number of piperidine rings is 1. The Morgan fingerprint density at radius 1 is 1.27 bits per heavy atom. The van der Waals surface area contributed by atoms with Gasteiger partial charge >= 0.3 is 0 Å². The van der Waals surface area contributed by atoms with Crippen molar-refractivity contribution in [2.24, 2.45) is 11.0 Å². The summed E-state index contributed by atoms with van der Waals surface area (Å²) in [5, 5.41) is 3.52. The third kappa shape index (κ3) is 3.43. The Morgan fingerprint density at radius 3 is 2.32 bits per heavy atom. The summed E-state index contributed by atoms with van der Waals surface area (Å²) in [5.41, 5.74) is 9.34. The summed E-state index contributed by atoms with van der Waals surface area (Å²) in [6.07, 6.45) is 0.829. The minimum atomic E-state index is -3.74. The molecular formula is C15H18N4O2S. The van der Waals surface area contributed by atoms with E-state index in [1.165, 1.54) is 0 Å². The van der Waals surface area contributed by atoms with Crippen molar-refractivity contribution in [3.8, 4) is 0 Å².